The predicted octanol–water partition coefficient (Wildman–Crippen LogP) is 3.47. The van der Waals surface area contributed by atoms with Crippen molar-refractivity contribution in [2.24, 2.45) is 18.7 Å². The molecule has 1 saturated carbocycles. The Kier molecular flexibility index (Phi) is 6.04. The SMILES string of the molecule is Cc1ncc(NC(=O)CCN2CC3CCC2CC3)cc1-c1c(-c2cnn(C)c2)sc2c(C(N)=O)cnn12. The van der Waals surface area contributed by atoms with E-state index >= 15 is 0 Å². The molecule has 0 atom stereocenters. The Morgan fingerprint density at radius 2 is 1.97 bits per heavy atom. The molecule has 2 bridgehead atoms. The van der Waals surface area contributed by atoms with Crippen LogP contribution in [0.3, 0.4) is 0 Å². The lowest BCUT2D eigenvalue weighted by molar-refractivity contribution is -0.117. The van der Waals surface area contributed by atoms with Crippen LogP contribution >= 0.6 is 11.3 Å². The van der Waals surface area contributed by atoms with E-state index in [9.17, 15) is 9.59 Å². The molecule has 6 heterocycles. The van der Waals surface area contributed by atoms with Gasteiger partial charge in [0.2, 0.25) is 5.91 Å². The number of primary amides is 1. The molecule has 1 aliphatic carbocycles. The Hall–Kier alpha value is -3.57. The third-order valence-electron chi connectivity index (χ3n) is 7.66. The van der Waals surface area contributed by atoms with E-state index < -0.39 is 5.91 Å². The highest BCUT2D eigenvalue weighted by molar-refractivity contribution is 7.21. The number of carbonyl (C=O) groups excluding carboxylic acids is 2. The van der Waals surface area contributed by atoms with Gasteiger partial charge in [0.15, 0.2) is 0 Å². The maximum Gasteiger partial charge on any atom is 0.253 e. The third-order valence-corrected chi connectivity index (χ3v) is 8.88. The predicted molar refractivity (Wildman–Crippen MR) is 142 cm³/mol. The number of nitrogens with zero attached hydrogens (tertiary/aromatic N) is 6. The van der Waals surface area contributed by atoms with E-state index in [2.05, 4.69) is 25.4 Å². The average molecular weight is 519 g/mol. The number of fused-ring (bicyclic) bond motifs is 4. The molecule has 0 radical (unpaired) electrons. The zero-order valence-electron chi connectivity index (χ0n) is 21.0. The van der Waals surface area contributed by atoms with E-state index in [1.807, 2.05) is 26.2 Å². The highest BCUT2D eigenvalue weighted by Crippen LogP contribution is 2.41. The van der Waals surface area contributed by atoms with Gasteiger partial charge in [-0.1, -0.05) is 0 Å². The van der Waals surface area contributed by atoms with Gasteiger partial charge in [0.05, 0.1) is 40.4 Å². The fourth-order valence-corrected chi connectivity index (χ4v) is 6.93. The molecule has 2 amide bonds. The number of rotatable bonds is 7. The first-order chi connectivity index (χ1) is 17.9. The summed E-state index contributed by atoms with van der Waals surface area (Å²) in [4.78, 5) is 33.5. The summed E-state index contributed by atoms with van der Waals surface area (Å²) in [6, 6.07) is 2.56. The van der Waals surface area contributed by atoms with E-state index in [0.29, 0.717) is 28.5 Å². The van der Waals surface area contributed by atoms with E-state index in [4.69, 9.17) is 5.73 Å². The standard InChI is InChI=1S/C26H30N8O2S/c1-15-20(9-18(11-28-15)31-22(35)7-8-33-13-16-3-5-19(33)6-4-16)23-24(17-10-29-32(2)14-17)37-26-21(25(27)36)12-30-34(23)26/h9-12,14,16,19H,3-8,13H2,1-2H3,(H2,27,36)(H,31,35). The van der Waals surface area contributed by atoms with Gasteiger partial charge in [-0.05, 0) is 44.6 Å². The maximum atomic E-state index is 12.9. The molecule has 11 heteroatoms. The van der Waals surface area contributed by atoms with Crippen LogP contribution in [0.5, 0.6) is 0 Å². The number of piperidine rings is 2. The van der Waals surface area contributed by atoms with Gasteiger partial charge in [0.25, 0.3) is 5.91 Å². The Labute approximate surface area is 218 Å². The van der Waals surface area contributed by atoms with Crippen molar-refractivity contribution in [2.75, 3.05) is 18.4 Å². The summed E-state index contributed by atoms with van der Waals surface area (Å²) in [5.74, 6) is 0.250. The molecule has 3 N–H and O–H groups in total. The first-order valence-corrected chi connectivity index (χ1v) is 13.5. The van der Waals surface area contributed by atoms with E-state index in [1.165, 1.54) is 43.2 Å². The van der Waals surface area contributed by atoms with Crippen LogP contribution in [0.4, 0.5) is 5.69 Å². The van der Waals surface area contributed by atoms with E-state index in [0.717, 1.165) is 46.4 Å². The van der Waals surface area contributed by atoms with Crippen molar-refractivity contribution in [2.45, 2.75) is 45.1 Å². The van der Waals surface area contributed by atoms with Crippen molar-refractivity contribution in [1.82, 2.24) is 29.3 Å². The molecule has 7 rings (SSSR count). The van der Waals surface area contributed by atoms with Crippen molar-refractivity contribution < 1.29 is 9.59 Å². The minimum Gasteiger partial charge on any atom is -0.365 e. The molecule has 0 unspecified atom stereocenters. The van der Waals surface area contributed by atoms with Crippen molar-refractivity contribution in [3.8, 4) is 21.7 Å². The van der Waals surface area contributed by atoms with Crippen molar-refractivity contribution >= 4 is 33.7 Å². The topological polar surface area (TPSA) is 123 Å². The van der Waals surface area contributed by atoms with Gasteiger partial charge in [0, 0.05) is 55.6 Å². The molecule has 192 valence electrons. The van der Waals surface area contributed by atoms with Crippen LogP contribution < -0.4 is 11.1 Å². The quantitative estimate of drug-likeness (QED) is 0.386. The number of pyridine rings is 1. The Morgan fingerprint density at radius 3 is 2.65 bits per heavy atom. The highest BCUT2D eigenvalue weighted by atomic mass is 32.1. The van der Waals surface area contributed by atoms with Crippen LogP contribution in [-0.4, -0.2) is 60.2 Å². The summed E-state index contributed by atoms with van der Waals surface area (Å²) in [6.45, 7) is 3.83. The average Bonchev–Trinajstić information content (AvgIpc) is 3.59. The lowest BCUT2D eigenvalue weighted by atomic mass is 9.80. The van der Waals surface area contributed by atoms with Crippen LogP contribution in [0.1, 0.15) is 48.2 Å². The molecule has 0 aromatic carbocycles. The number of hydrogen-bond acceptors (Lipinski definition) is 7. The second-order valence-corrected chi connectivity index (χ2v) is 11.1. The Balaban J connectivity index is 1.30. The smallest absolute Gasteiger partial charge is 0.253 e. The molecule has 4 aromatic heterocycles. The van der Waals surface area contributed by atoms with Gasteiger partial charge in [-0.2, -0.15) is 10.2 Å². The lowest BCUT2D eigenvalue weighted by Crippen LogP contribution is -2.48. The number of thiazole rings is 1. The largest absolute Gasteiger partial charge is 0.365 e. The van der Waals surface area contributed by atoms with Gasteiger partial charge in [-0.25, -0.2) is 4.52 Å². The number of amides is 2. The molecule has 10 nitrogen and oxygen atoms in total. The monoisotopic (exact) mass is 518 g/mol. The third kappa shape index (κ3) is 4.42. The van der Waals surface area contributed by atoms with Gasteiger partial charge < -0.3 is 11.1 Å². The molecule has 4 aromatic rings. The van der Waals surface area contributed by atoms with Gasteiger partial charge >= 0.3 is 0 Å². The lowest BCUT2D eigenvalue weighted by Gasteiger charge is -2.45. The molecule has 0 spiro atoms. The van der Waals surface area contributed by atoms with Gasteiger partial charge in [0.1, 0.15) is 4.83 Å². The van der Waals surface area contributed by atoms with Crippen LogP contribution in [-0.2, 0) is 11.8 Å². The fraction of sp³-hybridized carbons (Fsp3) is 0.423. The first-order valence-electron chi connectivity index (χ1n) is 12.7. The van der Waals surface area contributed by atoms with Crippen LogP contribution in [0.2, 0.25) is 0 Å². The minimum atomic E-state index is -0.529. The molecule has 2 saturated heterocycles. The van der Waals surface area contributed by atoms with Crippen LogP contribution in [0.25, 0.3) is 26.5 Å². The van der Waals surface area contributed by atoms with Gasteiger partial charge in [-0.3, -0.25) is 24.2 Å². The van der Waals surface area contributed by atoms with Gasteiger partial charge in [-0.15, -0.1) is 11.3 Å². The first kappa shape index (κ1) is 23.8. The number of nitrogens with one attached hydrogen (secondary N) is 1. The van der Waals surface area contributed by atoms with Crippen molar-refractivity contribution in [1.29, 1.82) is 0 Å². The number of anilines is 1. The minimum absolute atomic E-state index is 0.0175. The second-order valence-electron chi connectivity index (χ2n) is 10.1. The number of hydrogen-bond donors (Lipinski definition) is 2. The molecule has 2 aliphatic heterocycles. The molecular formula is C26H30N8O2S. The summed E-state index contributed by atoms with van der Waals surface area (Å²) in [7, 11) is 1.86. The number of nitrogens with two attached hydrogens (primary N) is 1. The number of aromatic nitrogens is 5. The second kappa shape index (κ2) is 9.38. The maximum absolute atomic E-state index is 12.9. The summed E-state index contributed by atoms with van der Waals surface area (Å²) in [6.07, 6.45) is 12.5. The van der Waals surface area contributed by atoms with Crippen LogP contribution in [0, 0.1) is 12.8 Å². The zero-order chi connectivity index (χ0) is 25.7. The Morgan fingerprint density at radius 1 is 1.16 bits per heavy atom. The van der Waals surface area contributed by atoms with Crippen molar-refractivity contribution in [3.05, 3.63) is 42.1 Å². The van der Waals surface area contributed by atoms with E-state index in [1.54, 1.807) is 21.6 Å². The van der Waals surface area contributed by atoms with Crippen LogP contribution in [0.15, 0.2) is 30.9 Å². The summed E-state index contributed by atoms with van der Waals surface area (Å²) < 4.78 is 3.46. The molecule has 3 fully saturated rings. The summed E-state index contributed by atoms with van der Waals surface area (Å²) in [5.41, 5.74) is 9.88. The van der Waals surface area contributed by atoms with E-state index in [-0.39, 0.29) is 5.91 Å². The summed E-state index contributed by atoms with van der Waals surface area (Å²) in [5, 5.41) is 11.8. The summed E-state index contributed by atoms with van der Waals surface area (Å²) >= 11 is 1.43. The molecular weight excluding hydrogens is 488 g/mol. The normalized spacial score (nSPS) is 19.5. The molecule has 37 heavy (non-hydrogen) atoms. The molecule has 3 aliphatic rings. The highest BCUT2D eigenvalue weighted by Gasteiger charge is 2.33. The number of carbonyl (C=O) groups is 2. The van der Waals surface area contributed by atoms with Crippen molar-refractivity contribution in [3.63, 3.8) is 0 Å². The number of aryl methyl sites for hydroxylation is 2. The zero-order valence-corrected chi connectivity index (χ0v) is 21.8. The Bertz CT molecular complexity index is 1490. The fourth-order valence-electron chi connectivity index (χ4n) is 5.73.